The zero-order chi connectivity index (χ0) is 14.0. The first-order chi connectivity index (χ1) is 8.97. The van der Waals surface area contributed by atoms with Crippen LogP contribution in [0.15, 0.2) is 45.3 Å². The minimum atomic E-state index is -0.507. The van der Waals surface area contributed by atoms with E-state index in [0.717, 1.165) is 4.47 Å². The average molecular weight is 407 g/mol. The first-order valence-corrected chi connectivity index (χ1v) is 7.00. The Balaban J connectivity index is 2.40. The first kappa shape index (κ1) is 14.3. The highest BCUT2D eigenvalue weighted by molar-refractivity contribution is 9.10. The van der Waals surface area contributed by atoms with E-state index in [1.54, 1.807) is 24.3 Å². The number of benzene rings is 2. The third-order valence-corrected chi connectivity index (χ3v) is 3.51. The predicted octanol–water partition coefficient (Wildman–Crippen LogP) is 5.57. The lowest BCUT2D eigenvalue weighted by molar-refractivity contribution is -0.385. The van der Waals surface area contributed by atoms with Gasteiger partial charge in [-0.05, 0) is 30.3 Å². The van der Waals surface area contributed by atoms with E-state index < -0.39 is 4.92 Å². The normalized spacial score (nSPS) is 10.3. The summed E-state index contributed by atoms with van der Waals surface area (Å²) < 4.78 is 6.90. The summed E-state index contributed by atoms with van der Waals surface area (Å²) in [5.41, 5.74) is -0.131. The van der Waals surface area contributed by atoms with Gasteiger partial charge in [0.2, 0.25) is 5.75 Å². The van der Waals surface area contributed by atoms with Gasteiger partial charge in [-0.25, -0.2) is 0 Å². The van der Waals surface area contributed by atoms with E-state index in [2.05, 4.69) is 31.9 Å². The number of nitro benzene ring substituents is 1. The predicted molar refractivity (Wildman–Crippen MR) is 80.0 cm³/mol. The molecular formula is C12H6Br2ClNO3. The number of halogens is 3. The molecule has 0 saturated carbocycles. The second kappa shape index (κ2) is 5.90. The first-order valence-electron chi connectivity index (χ1n) is 5.04. The molecule has 2 aromatic rings. The highest BCUT2D eigenvalue weighted by Gasteiger charge is 2.17. The fourth-order valence-corrected chi connectivity index (χ4v) is 2.46. The van der Waals surface area contributed by atoms with Gasteiger partial charge in [-0.1, -0.05) is 43.5 Å². The van der Waals surface area contributed by atoms with Gasteiger partial charge in [0.1, 0.15) is 5.75 Å². The maximum Gasteiger partial charge on any atom is 0.312 e. The molecule has 0 aromatic heterocycles. The quantitative estimate of drug-likeness (QED) is 0.494. The minimum absolute atomic E-state index is 0.131. The summed E-state index contributed by atoms with van der Waals surface area (Å²) >= 11 is 12.5. The summed E-state index contributed by atoms with van der Waals surface area (Å²) in [4.78, 5) is 10.5. The van der Waals surface area contributed by atoms with Crippen LogP contribution in [0.25, 0.3) is 0 Å². The standard InChI is InChI=1S/C12H6Br2ClNO3/c13-7-1-3-11(9(15)5-7)19-12-4-2-8(14)6-10(12)16(17)18/h1-6H. The van der Waals surface area contributed by atoms with E-state index in [1.807, 2.05) is 0 Å². The van der Waals surface area contributed by atoms with Gasteiger partial charge in [-0.2, -0.15) is 0 Å². The second-order valence-electron chi connectivity index (χ2n) is 3.55. The van der Waals surface area contributed by atoms with Crippen molar-refractivity contribution >= 4 is 49.1 Å². The van der Waals surface area contributed by atoms with Crippen molar-refractivity contribution in [3.8, 4) is 11.5 Å². The van der Waals surface area contributed by atoms with Crippen LogP contribution in [0, 0.1) is 10.1 Å². The highest BCUT2D eigenvalue weighted by Crippen LogP contribution is 2.37. The van der Waals surface area contributed by atoms with E-state index >= 15 is 0 Å². The Morgan fingerprint density at radius 1 is 1.05 bits per heavy atom. The summed E-state index contributed by atoms with van der Waals surface area (Å²) in [6.45, 7) is 0. The Kier molecular flexibility index (Phi) is 4.44. The monoisotopic (exact) mass is 405 g/mol. The van der Waals surface area contributed by atoms with E-state index in [1.165, 1.54) is 12.1 Å². The van der Waals surface area contributed by atoms with E-state index in [9.17, 15) is 10.1 Å². The van der Waals surface area contributed by atoms with Crippen molar-refractivity contribution in [2.24, 2.45) is 0 Å². The molecule has 0 aliphatic rings. The minimum Gasteiger partial charge on any atom is -0.449 e. The van der Waals surface area contributed by atoms with Gasteiger partial charge >= 0.3 is 5.69 Å². The summed E-state index contributed by atoms with van der Waals surface area (Å²) in [5.74, 6) is 0.493. The van der Waals surface area contributed by atoms with Crippen molar-refractivity contribution in [3.05, 3.63) is 60.5 Å². The SMILES string of the molecule is O=[N+]([O-])c1cc(Br)ccc1Oc1ccc(Br)cc1Cl. The van der Waals surface area contributed by atoms with Gasteiger partial charge in [0.05, 0.1) is 9.95 Å². The maximum atomic E-state index is 11.0. The van der Waals surface area contributed by atoms with Crippen LogP contribution in [0.4, 0.5) is 5.69 Å². The van der Waals surface area contributed by atoms with Crippen LogP contribution in [0.3, 0.4) is 0 Å². The van der Waals surface area contributed by atoms with Crippen molar-refractivity contribution in [2.75, 3.05) is 0 Å². The molecule has 0 saturated heterocycles. The van der Waals surface area contributed by atoms with Crippen molar-refractivity contribution in [2.45, 2.75) is 0 Å². The molecule has 0 fully saturated rings. The largest absolute Gasteiger partial charge is 0.449 e. The summed E-state index contributed by atoms with van der Waals surface area (Å²) in [7, 11) is 0. The van der Waals surface area contributed by atoms with Crippen LogP contribution < -0.4 is 4.74 Å². The third kappa shape index (κ3) is 3.46. The number of nitrogens with zero attached hydrogens (tertiary/aromatic N) is 1. The molecule has 4 nitrogen and oxygen atoms in total. The van der Waals surface area contributed by atoms with Gasteiger partial charge in [-0.15, -0.1) is 0 Å². The molecule has 0 radical (unpaired) electrons. The van der Waals surface area contributed by atoms with Gasteiger partial charge in [0, 0.05) is 15.0 Å². The van der Waals surface area contributed by atoms with Crippen molar-refractivity contribution in [3.63, 3.8) is 0 Å². The number of nitro groups is 1. The molecule has 0 aliphatic carbocycles. The summed E-state index contributed by atoms with van der Waals surface area (Å²) in [5, 5.41) is 11.3. The Morgan fingerprint density at radius 2 is 1.63 bits per heavy atom. The molecule has 0 amide bonds. The molecule has 2 rings (SSSR count). The summed E-state index contributed by atoms with van der Waals surface area (Å²) in [6, 6.07) is 9.59. The second-order valence-corrected chi connectivity index (χ2v) is 5.78. The topological polar surface area (TPSA) is 52.4 Å². The Bertz CT molecular complexity index is 649. The Labute approximate surface area is 130 Å². The zero-order valence-electron chi connectivity index (χ0n) is 9.27. The molecule has 0 spiro atoms. The van der Waals surface area contributed by atoms with Gasteiger partial charge < -0.3 is 4.74 Å². The molecule has 2 aromatic carbocycles. The molecule has 19 heavy (non-hydrogen) atoms. The number of hydrogen-bond donors (Lipinski definition) is 0. The molecule has 0 N–H and O–H groups in total. The molecule has 0 heterocycles. The molecule has 0 atom stereocenters. The summed E-state index contributed by atoms with van der Waals surface area (Å²) in [6.07, 6.45) is 0. The van der Waals surface area contributed by atoms with E-state index in [0.29, 0.717) is 15.2 Å². The van der Waals surface area contributed by atoms with Crippen molar-refractivity contribution in [1.29, 1.82) is 0 Å². The lowest BCUT2D eigenvalue weighted by atomic mass is 10.3. The lowest BCUT2D eigenvalue weighted by Gasteiger charge is -2.08. The van der Waals surface area contributed by atoms with Crippen molar-refractivity contribution in [1.82, 2.24) is 0 Å². The van der Waals surface area contributed by atoms with Gasteiger partial charge in [0.15, 0.2) is 0 Å². The molecular weight excluding hydrogens is 401 g/mol. The molecule has 98 valence electrons. The van der Waals surface area contributed by atoms with Crippen LogP contribution in [0.2, 0.25) is 5.02 Å². The van der Waals surface area contributed by atoms with Crippen LogP contribution in [-0.2, 0) is 0 Å². The molecule has 0 aliphatic heterocycles. The maximum absolute atomic E-state index is 11.0. The van der Waals surface area contributed by atoms with Crippen LogP contribution in [0.1, 0.15) is 0 Å². The Hall–Kier alpha value is -1.11. The van der Waals surface area contributed by atoms with Crippen LogP contribution in [0.5, 0.6) is 11.5 Å². The highest BCUT2D eigenvalue weighted by atomic mass is 79.9. The fraction of sp³-hybridized carbons (Fsp3) is 0. The Morgan fingerprint density at radius 3 is 2.21 bits per heavy atom. The number of hydrogen-bond acceptors (Lipinski definition) is 3. The molecule has 7 heteroatoms. The molecule has 0 unspecified atom stereocenters. The average Bonchev–Trinajstić information content (AvgIpc) is 2.34. The molecule has 0 bridgehead atoms. The number of rotatable bonds is 3. The van der Waals surface area contributed by atoms with Crippen molar-refractivity contribution < 1.29 is 9.66 Å². The van der Waals surface area contributed by atoms with E-state index in [-0.39, 0.29) is 11.4 Å². The smallest absolute Gasteiger partial charge is 0.312 e. The van der Waals surface area contributed by atoms with Gasteiger partial charge in [-0.3, -0.25) is 10.1 Å². The fourth-order valence-electron chi connectivity index (χ4n) is 1.40. The van der Waals surface area contributed by atoms with Gasteiger partial charge in [0.25, 0.3) is 0 Å². The van der Waals surface area contributed by atoms with Crippen LogP contribution >= 0.6 is 43.5 Å². The number of ether oxygens (including phenoxy) is 1. The zero-order valence-corrected chi connectivity index (χ0v) is 13.2. The van der Waals surface area contributed by atoms with E-state index in [4.69, 9.17) is 16.3 Å². The third-order valence-electron chi connectivity index (χ3n) is 2.23. The van der Waals surface area contributed by atoms with Crippen LogP contribution in [-0.4, -0.2) is 4.92 Å². The lowest BCUT2D eigenvalue weighted by Crippen LogP contribution is -1.93.